The third-order valence-corrected chi connectivity index (χ3v) is 19.7. The molecule has 2 aromatic carbocycles. The number of aryl methyl sites for hydroxylation is 1. The van der Waals surface area contributed by atoms with Gasteiger partial charge in [-0.1, -0.05) is 0 Å². The van der Waals surface area contributed by atoms with Gasteiger partial charge in [0.25, 0.3) is 11.8 Å². The van der Waals surface area contributed by atoms with Crippen LogP contribution in [-0.2, 0) is 24.9 Å². The molecular weight excluding hydrogens is 962 g/mol. The summed E-state index contributed by atoms with van der Waals surface area (Å²) in [6.45, 7) is 3.02. The van der Waals surface area contributed by atoms with Gasteiger partial charge in [0.05, 0.1) is 48.9 Å². The molecule has 8 aromatic rings. The summed E-state index contributed by atoms with van der Waals surface area (Å²) in [7, 11) is 7.08. The number of hydrogen-bond acceptors (Lipinski definition) is 10. The number of likely N-dealkylation sites (tertiary alicyclic amines) is 2. The lowest BCUT2D eigenvalue weighted by atomic mass is 9.46. The molecular formula is C59H62FN11O5. The van der Waals surface area contributed by atoms with Crippen molar-refractivity contribution in [2.24, 2.45) is 48.3 Å². The first-order valence-electron chi connectivity index (χ1n) is 27.7. The molecule has 6 aromatic heterocycles. The number of nitrogens with zero attached hydrogens (tertiary/aromatic N) is 10. The molecule has 0 radical (unpaired) electrons. The Hall–Kier alpha value is -6.85. The molecule has 2 saturated heterocycles. The van der Waals surface area contributed by atoms with Crippen LogP contribution in [0.4, 0.5) is 4.39 Å². The number of carbonyl (C=O) groups excluding carboxylic acids is 2. The fraction of sp³-hybridized carbons (Fsp3) is 0.492. The molecule has 6 aliphatic carbocycles. The number of pyridine rings is 2. The Kier molecular flexibility index (Phi) is 9.75. The highest BCUT2D eigenvalue weighted by molar-refractivity contribution is 6.02. The van der Waals surface area contributed by atoms with Crippen LogP contribution in [0.1, 0.15) is 96.2 Å². The fourth-order valence-corrected chi connectivity index (χ4v) is 15.4. The van der Waals surface area contributed by atoms with E-state index in [2.05, 4.69) is 41.8 Å². The summed E-state index contributed by atoms with van der Waals surface area (Å²) in [5.74, 6) is 5.31. The summed E-state index contributed by atoms with van der Waals surface area (Å²) in [6.07, 6.45) is 10.9. The van der Waals surface area contributed by atoms with Crippen LogP contribution in [0, 0.1) is 41.3 Å². The van der Waals surface area contributed by atoms with E-state index >= 15 is 4.79 Å². The third-order valence-electron chi connectivity index (χ3n) is 19.7. The van der Waals surface area contributed by atoms with Crippen LogP contribution in [-0.4, -0.2) is 118 Å². The monoisotopic (exact) mass is 1020 g/mol. The average molecular weight is 1020 g/mol. The van der Waals surface area contributed by atoms with Gasteiger partial charge < -0.3 is 48.0 Å². The second kappa shape index (κ2) is 16.3. The lowest BCUT2D eigenvalue weighted by Crippen LogP contribution is -2.60. The number of imidazole rings is 2. The normalized spacial score (nSPS) is 28.2. The number of rotatable bonds is 13. The lowest BCUT2D eigenvalue weighted by molar-refractivity contribution is -0.0501. The highest BCUT2D eigenvalue weighted by Gasteiger charge is 2.68. The van der Waals surface area contributed by atoms with Crippen LogP contribution in [0.3, 0.4) is 0 Å². The Morgan fingerprint density at radius 1 is 0.711 bits per heavy atom. The van der Waals surface area contributed by atoms with Crippen LogP contribution in [0.15, 0.2) is 60.8 Å². The van der Waals surface area contributed by atoms with Crippen molar-refractivity contribution >= 4 is 55.9 Å². The quantitative estimate of drug-likeness (QED) is 0.118. The largest absolute Gasteiger partial charge is 0.494 e. The molecule has 8 atom stereocenters. The van der Waals surface area contributed by atoms with Crippen molar-refractivity contribution in [2.45, 2.75) is 107 Å². The molecule has 2 amide bonds. The molecule has 2 aliphatic heterocycles. The molecule has 390 valence electrons. The van der Waals surface area contributed by atoms with Crippen LogP contribution >= 0.6 is 0 Å². The van der Waals surface area contributed by atoms with Crippen molar-refractivity contribution in [3.63, 3.8) is 0 Å². The Bertz CT molecular complexity index is 3790. The first kappa shape index (κ1) is 45.4. The number of benzene rings is 2. The number of nitrogens with two attached hydrogens (primary N) is 1. The molecule has 76 heavy (non-hydrogen) atoms. The summed E-state index contributed by atoms with van der Waals surface area (Å²) in [5.41, 5.74) is 15.4. The van der Waals surface area contributed by atoms with E-state index in [9.17, 15) is 9.18 Å². The molecule has 8 aliphatic rings. The van der Waals surface area contributed by atoms with Gasteiger partial charge in [-0.15, -0.1) is 0 Å². The van der Waals surface area contributed by atoms with Gasteiger partial charge in [0.1, 0.15) is 39.6 Å². The van der Waals surface area contributed by atoms with E-state index in [0.29, 0.717) is 76.0 Å². The Labute approximate surface area is 438 Å². The zero-order valence-corrected chi connectivity index (χ0v) is 43.4. The summed E-state index contributed by atoms with van der Waals surface area (Å²) >= 11 is 0. The maximum atomic E-state index is 15.1. The van der Waals surface area contributed by atoms with Gasteiger partial charge in [-0.3, -0.25) is 9.59 Å². The van der Waals surface area contributed by atoms with Crippen LogP contribution in [0.25, 0.3) is 67.2 Å². The number of carbonyl (C=O) groups is 2. The van der Waals surface area contributed by atoms with Crippen LogP contribution in [0.2, 0.25) is 0 Å². The number of methoxy groups -OCH3 is 3. The van der Waals surface area contributed by atoms with Crippen molar-refractivity contribution in [1.29, 1.82) is 0 Å². The van der Waals surface area contributed by atoms with E-state index in [1.165, 1.54) is 25.1 Å². The van der Waals surface area contributed by atoms with Crippen molar-refractivity contribution < 1.29 is 28.2 Å². The Morgan fingerprint density at radius 2 is 1.37 bits per heavy atom. The maximum absolute atomic E-state index is 15.1. The van der Waals surface area contributed by atoms with Crippen molar-refractivity contribution in [2.75, 3.05) is 34.4 Å². The minimum absolute atomic E-state index is 0.0127. The molecule has 8 fully saturated rings. The van der Waals surface area contributed by atoms with E-state index in [4.69, 9.17) is 34.9 Å². The van der Waals surface area contributed by atoms with Gasteiger partial charge in [-0.25, -0.2) is 24.3 Å². The number of piperidine rings is 1. The van der Waals surface area contributed by atoms with Crippen molar-refractivity contribution in [3.8, 4) is 34.5 Å². The topological polar surface area (TPSA) is 166 Å². The predicted octanol–water partition coefficient (Wildman–Crippen LogP) is 8.72. The van der Waals surface area contributed by atoms with Crippen LogP contribution in [0.5, 0.6) is 11.5 Å². The minimum atomic E-state index is -0.373. The number of ether oxygens (including phenoxy) is 3. The lowest BCUT2D eigenvalue weighted by Gasteiger charge is -2.58. The van der Waals surface area contributed by atoms with E-state index in [-0.39, 0.29) is 53.8 Å². The highest BCUT2D eigenvalue weighted by Crippen LogP contribution is 2.67. The average Bonchev–Trinajstić information content (AvgIpc) is 4.26. The number of aromatic nitrogens is 8. The molecule has 6 saturated carbocycles. The van der Waals surface area contributed by atoms with Gasteiger partial charge in [-0.05, 0) is 148 Å². The van der Waals surface area contributed by atoms with Gasteiger partial charge in [0.2, 0.25) is 0 Å². The molecule has 8 heterocycles. The summed E-state index contributed by atoms with van der Waals surface area (Å²) < 4.78 is 41.5. The smallest absolute Gasteiger partial charge is 0.254 e. The first-order chi connectivity index (χ1) is 37.0. The number of fused-ring (bicyclic) bond motifs is 6. The molecule has 2 N–H and O–H groups in total. The second-order valence-electron chi connectivity index (χ2n) is 23.9. The van der Waals surface area contributed by atoms with Gasteiger partial charge in [0, 0.05) is 98.0 Å². The zero-order chi connectivity index (χ0) is 51.2. The minimum Gasteiger partial charge on any atom is -0.494 e. The molecule has 0 spiro atoms. The van der Waals surface area contributed by atoms with Crippen LogP contribution < -0.4 is 15.2 Å². The predicted molar refractivity (Wildman–Crippen MR) is 284 cm³/mol. The highest BCUT2D eigenvalue weighted by atomic mass is 19.1. The molecule has 16 rings (SSSR count). The third kappa shape index (κ3) is 6.53. The van der Waals surface area contributed by atoms with Gasteiger partial charge in [-0.2, -0.15) is 0 Å². The van der Waals surface area contributed by atoms with Gasteiger partial charge in [0.15, 0.2) is 11.6 Å². The SMILES string of the molecule is COc1cc(C(=O)N2C[C@H]3CC4C(c5ccc6cc(-c7nc8cc(C(=O)N9C[C@H]%10CC[C@@H]9[C@@H]%10N)cc(OC)c8n7C7CC(OC)C7)n(CC7CC7)c6n5)[C@@H]2[C@H]43)cc2nc(-c3cc4cc(F)cnc4n3CC3CC3)n(C)c12. The van der Waals surface area contributed by atoms with E-state index < -0.39 is 0 Å². The number of halogens is 1. The summed E-state index contributed by atoms with van der Waals surface area (Å²) in [6, 6.07) is 18.1. The van der Waals surface area contributed by atoms with E-state index in [1.54, 1.807) is 21.3 Å². The Balaban J connectivity index is 0.752. The fourth-order valence-electron chi connectivity index (χ4n) is 15.4. The first-order valence-corrected chi connectivity index (χ1v) is 27.7. The van der Waals surface area contributed by atoms with Crippen molar-refractivity contribution in [3.05, 3.63) is 83.4 Å². The van der Waals surface area contributed by atoms with Gasteiger partial charge >= 0.3 is 0 Å². The number of hydrogen-bond donors (Lipinski definition) is 1. The summed E-state index contributed by atoms with van der Waals surface area (Å²) in [5, 5.41) is 1.79. The maximum Gasteiger partial charge on any atom is 0.254 e. The zero-order valence-electron chi connectivity index (χ0n) is 43.4. The van der Waals surface area contributed by atoms with Crippen molar-refractivity contribution in [1.82, 2.24) is 48.0 Å². The Morgan fingerprint density at radius 3 is 2.05 bits per heavy atom. The number of amides is 2. The molecule has 16 nitrogen and oxygen atoms in total. The molecule has 2 bridgehead atoms. The standard InChI is InChI=1S/C59H62FN11O5/c1-66-51-41(64-56(66)44-18-32-13-36(60)23-62-54(32)67(44)24-28-5-6-28)15-34(19-46(51)75-3)59(73)70-27-35-14-39-48(35)53(70)49(39)40-11-9-30-17-45(68(55(30)63-40)25-29-7-8-29)57-65-42-16-33(58(72)69-26-31-10-12-43(69)50(31)61)20-47(76-4)52(42)71(57)37-21-38(22-37)74-2/h9,11,13,15-20,23,28-29,31,35,37-39,43,48-50,53H,5-8,10,12,14,21-22,24-27,61H2,1-4H3/t31-,35-,37?,38?,39?,43-,48+,49?,50-,53+/m1/s1. The second-order valence-corrected chi connectivity index (χ2v) is 23.9. The summed E-state index contributed by atoms with van der Waals surface area (Å²) in [4.78, 5) is 54.3. The van der Waals surface area contributed by atoms with E-state index in [0.717, 1.165) is 126 Å². The molecule has 17 heteroatoms. The molecule has 2 unspecified atom stereocenters. The van der Waals surface area contributed by atoms with E-state index in [1.807, 2.05) is 46.8 Å².